The van der Waals surface area contributed by atoms with Crippen LogP contribution in [0.1, 0.15) is 72.6 Å². The highest BCUT2D eigenvalue weighted by molar-refractivity contribution is 14.1. The summed E-state index contributed by atoms with van der Waals surface area (Å²) in [5.41, 5.74) is -0.212. The standard InChI is InChI=1S/C35H49BIN3O10/c1-20(38-30(42)28(40(9)32(44)48-33(2,3)4)22-14-16-27(46-11)24(37)19-22)29(41)39-25(31(43)47-12)18-21-13-15-26(45-10)23(17-21)36-49-34(5,6)35(7,8)50-36/h13-17,19-20,25,28H,18H2,1-12H3,(H,38,42)(H,39,41)/t20-,25-,28-/m0/s1. The Morgan fingerprint density at radius 2 is 1.48 bits per heavy atom. The van der Waals surface area contributed by atoms with Gasteiger partial charge in [0.05, 0.1) is 36.1 Å². The van der Waals surface area contributed by atoms with Crippen LogP contribution in [0.3, 0.4) is 0 Å². The molecule has 1 aliphatic heterocycles. The maximum absolute atomic E-state index is 13.8. The van der Waals surface area contributed by atoms with Crippen LogP contribution in [-0.4, -0.2) is 93.2 Å². The third-order valence-electron chi connectivity index (χ3n) is 8.60. The van der Waals surface area contributed by atoms with E-state index in [9.17, 15) is 19.2 Å². The van der Waals surface area contributed by atoms with Gasteiger partial charge in [0, 0.05) is 18.9 Å². The van der Waals surface area contributed by atoms with E-state index in [1.165, 1.54) is 33.1 Å². The molecule has 0 radical (unpaired) electrons. The van der Waals surface area contributed by atoms with E-state index in [1.807, 2.05) is 33.8 Å². The van der Waals surface area contributed by atoms with Gasteiger partial charge in [-0.05, 0) is 107 Å². The molecule has 1 saturated heterocycles. The van der Waals surface area contributed by atoms with Gasteiger partial charge < -0.3 is 38.9 Å². The van der Waals surface area contributed by atoms with Gasteiger partial charge in [0.2, 0.25) is 11.8 Å². The molecule has 2 aromatic carbocycles. The SMILES string of the molecule is COC(=O)[C@H](Cc1ccc(OC)c(B2OC(C)(C)C(C)(C)O2)c1)NC(=O)[C@H](C)NC(=O)[C@H](c1ccc(OC)c(I)c1)N(C)C(=O)OC(C)(C)C. The molecular formula is C35H49BIN3O10. The number of carbonyl (C=O) groups is 4. The number of nitrogens with one attached hydrogen (secondary N) is 2. The minimum absolute atomic E-state index is 0.0594. The zero-order valence-electron chi connectivity index (χ0n) is 30.9. The van der Waals surface area contributed by atoms with Crippen LogP contribution in [0.5, 0.6) is 11.5 Å². The zero-order valence-corrected chi connectivity index (χ0v) is 33.0. The van der Waals surface area contributed by atoms with Crippen molar-refractivity contribution in [2.45, 2.75) is 96.7 Å². The summed E-state index contributed by atoms with van der Waals surface area (Å²) in [7, 11) is 5.02. The lowest BCUT2D eigenvalue weighted by molar-refractivity contribution is -0.145. The van der Waals surface area contributed by atoms with Crippen molar-refractivity contribution in [1.82, 2.24) is 15.5 Å². The van der Waals surface area contributed by atoms with Gasteiger partial charge in [0.1, 0.15) is 35.2 Å². The van der Waals surface area contributed by atoms with Gasteiger partial charge in [-0.2, -0.15) is 0 Å². The Kier molecular flexibility index (Phi) is 13.2. The van der Waals surface area contributed by atoms with Crippen molar-refractivity contribution < 1.29 is 47.4 Å². The molecule has 3 rings (SSSR count). The Labute approximate surface area is 308 Å². The van der Waals surface area contributed by atoms with E-state index in [4.69, 9.17) is 28.3 Å². The lowest BCUT2D eigenvalue weighted by Gasteiger charge is -2.32. The van der Waals surface area contributed by atoms with Gasteiger partial charge in [-0.3, -0.25) is 14.5 Å². The number of amides is 3. The molecule has 0 unspecified atom stereocenters. The largest absolute Gasteiger partial charge is 0.498 e. The number of likely N-dealkylation sites (N-methyl/N-ethyl adjacent to an activating group) is 1. The van der Waals surface area contributed by atoms with Crippen LogP contribution in [0.4, 0.5) is 4.79 Å². The molecule has 274 valence electrons. The topological polar surface area (TPSA) is 151 Å². The number of ether oxygens (including phenoxy) is 4. The Morgan fingerprint density at radius 3 is 2.00 bits per heavy atom. The monoisotopic (exact) mass is 809 g/mol. The van der Waals surface area contributed by atoms with Gasteiger partial charge in [0.25, 0.3) is 0 Å². The van der Waals surface area contributed by atoms with Crippen molar-refractivity contribution in [2.24, 2.45) is 0 Å². The molecule has 1 aliphatic rings. The number of hydrogen-bond donors (Lipinski definition) is 2. The fourth-order valence-electron chi connectivity index (χ4n) is 5.13. The number of methoxy groups -OCH3 is 3. The van der Waals surface area contributed by atoms with Crippen LogP contribution in [-0.2, 0) is 39.6 Å². The molecule has 3 atom stereocenters. The molecule has 0 aliphatic carbocycles. The maximum atomic E-state index is 13.8. The lowest BCUT2D eigenvalue weighted by Crippen LogP contribution is -2.53. The van der Waals surface area contributed by atoms with Crippen molar-refractivity contribution in [3.63, 3.8) is 0 Å². The van der Waals surface area contributed by atoms with E-state index in [0.29, 0.717) is 31.7 Å². The summed E-state index contributed by atoms with van der Waals surface area (Å²) in [6, 6.07) is 7.02. The van der Waals surface area contributed by atoms with Crippen molar-refractivity contribution in [3.05, 3.63) is 51.1 Å². The number of rotatable bonds is 12. The summed E-state index contributed by atoms with van der Waals surface area (Å²) in [6.45, 7) is 14.4. The fraction of sp³-hybridized carbons (Fsp3) is 0.543. The van der Waals surface area contributed by atoms with Crippen LogP contribution in [0.25, 0.3) is 0 Å². The Balaban J connectivity index is 1.83. The summed E-state index contributed by atoms with van der Waals surface area (Å²) in [5, 5.41) is 5.40. The first-order valence-electron chi connectivity index (χ1n) is 16.1. The normalized spacial score (nSPS) is 16.8. The van der Waals surface area contributed by atoms with E-state index in [-0.39, 0.29) is 6.42 Å². The second kappa shape index (κ2) is 16.2. The number of nitrogens with zero attached hydrogens (tertiary/aromatic N) is 1. The molecule has 0 saturated carbocycles. The van der Waals surface area contributed by atoms with Crippen molar-refractivity contribution in [2.75, 3.05) is 28.4 Å². The highest BCUT2D eigenvalue weighted by atomic mass is 127. The molecule has 1 fully saturated rings. The second-order valence-corrected chi connectivity index (χ2v) is 15.2. The Bertz CT molecular complexity index is 1560. The molecular weight excluding hydrogens is 760 g/mol. The minimum Gasteiger partial charge on any atom is -0.497 e. The van der Waals surface area contributed by atoms with Crippen LogP contribution in [0.15, 0.2) is 36.4 Å². The molecule has 3 amide bonds. The summed E-state index contributed by atoms with van der Waals surface area (Å²) in [6.07, 6.45) is -0.671. The van der Waals surface area contributed by atoms with Gasteiger partial charge >= 0.3 is 19.2 Å². The molecule has 1 heterocycles. The van der Waals surface area contributed by atoms with Crippen LogP contribution in [0, 0.1) is 3.57 Å². The molecule has 0 aromatic heterocycles. The number of halogens is 1. The summed E-state index contributed by atoms with van der Waals surface area (Å²) in [5.74, 6) is -0.829. The van der Waals surface area contributed by atoms with Crippen LogP contribution < -0.4 is 25.6 Å². The van der Waals surface area contributed by atoms with Gasteiger partial charge in [-0.15, -0.1) is 0 Å². The Morgan fingerprint density at radius 1 is 0.900 bits per heavy atom. The van der Waals surface area contributed by atoms with Crippen LogP contribution >= 0.6 is 22.6 Å². The molecule has 50 heavy (non-hydrogen) atoms. The zero-order chi connectivity index (χ0) is 37.8. The van der Waals surface area contributed by atoms with Crippen LogP contribution in [0.2, 0.25) is 0 Å². The van der Waals surface area contributed by atoms with E-state index in [0.717, 1.165) is 0 Å². The first kappa shape index (κ1) is 40.9. The minimum atomic E-state index is -1.16. The van der Waals surface area contributed by atoms with E-state index >= 15 is 0 Å². The summed E-state index contributed by atoms with van der Waals surface area (Å²) < 4.78 is 34.7. The van der Waals surface area contributed by atoms with Crippen molar-refractivity contribution in [3.8, 4) is 11.5 Å². The third kappa shape index (κ3) is 9.81. The summed E-state index contributed by atoms with van der Waals surface area (Å²) >= 11 is 2.07. The van der Waals surface area contributed by atoms with Gasteiger partial charge in [-0.1, -0.05) is 18.2 Å². The Hall–Kier alpha value is -3.57. The number of esters is 1. The third-order valence-corrected chi connectivity index (χ3v) is 9.45. The van der Waals surface area contributed by atoms with E-state index in [1.54, 1.807) is 58.2 Å². The molecule has 0 bridgehead atoms. The quantitative estimate of drug-likeness (QED) is 0.184. The molecule has 13 nitrogen and oxygen atoms in total. The molecule has 2 aromatic rings. The molecule has 15 heteroatoms. The predicted octanol–water partition coefficient (Wildman–Crippen LogP) is 3.92. The summed E-state index contributed by atoms with van der Waals surface area (Å²) in [4.78, 5) is 54.5. The number of carbonyl (C=O) groups excluding carboxylic acids is 4. The van der Waals surface area contributed by atoms with Crippen molar-refractivity contribution >= 4 is 59.0 Å². The fourth-order valence-corrected chi connectivity index (χ4v) is 5.89. The average Bonchev–Trinajstić information content (AvgIpc) is 3.25. The van der Waals surface area contributed by atoms with Crippen molar-refractivity contribution in [1.29, 1.82) is 0 Å². The first-order valence-corrected chi connectivity index (χ1v) is 17.2. The second-order valence-electron chi connectivity index (χ2n) is 14.1. The van der Waals surface area contributed by atoms with Gasteiger partial charge in [0.15, 0.2) is 0 Å². The van der Waals surface area contributed by atoms with E-state index in [2.05, 4.69) is 33.2 Å². The number of hydrogen-bond acceptors (Lipinski definition) is 10. The molecule has 2 N–H and O–H groups in total. The first-order chi connectivity index (χ1) is 23.1. The predicted molar refractivity (Wildman–Crippen MR) is 196 cm³/mol. The van der Waals surface area contributed by atoms with Gasteiger partial charge in [-0.25, -0.2) is 9.59 Å². The lowest BCUT2D eigenvalue weighted by atomic mass is 9.77. The molecule has 0 spiro atoms. The maximum Gasteiger partial charge on any atom is 0.498 e. The smallest absolute Gasteiger partial charge is 0.497 e. The average molecular weight is 810 g/mol. The van der Waals surface area contributed by atoms with E-state index < -0.39 is 65.9 Å². The highest BCUT2D eigenvalue weighted by Gasteiger charge is 2.52. The number of benzene rings is 2. The highest BCUT2D eigenvalue weighted by Crippen LogP contribution is 2.37.